The maximum Gasteiger partial charge on any atom is 0.135 e. The van der Waals surface area contributed by atoms with Crippen molar-refractivity contribution >= 4 is 44.6 Å². The van der Waals surface area contributed by atoms with Gasteiger partial charge in [0, 0.05) is 72.2 Å². The Balaban J connectivity index is 0.00000753. The molecule has 0 saturated heterocycles. The number of nitrogens with zero attached hydrogens (tertiary/aromatic N) is 4. The summed E-state index contributed by atoms with van der Waals surface area (Å²) in [4.78, 5) is 9.76. The standard InChI is InChI=1S/C76H79N4O.Pt/c1-70(2,3)56-44-45-77-68(48-56)80-64-39-26-25-38-60(64)61-43-42-59(50-67(61)80)81-58-37-29-36-57(49-58)78-51-79(66-41-28-27-40-65(66)78)69-62(75(71(4,5)6,72(7,8)9)54-32-21-17-22-33-54)46-53(52-30-19-16-20-31-52)47-63(69)76(73(10,11)12,74(13,14)15)55-34-23-18-24-35-55;/h16-48,51H,1-15H3;/q-3;. The Kier molecular flexibility index (Phi) is 15.0. The van der Waals surface area contributed by atoms with E-state index in [-0.39, 0.29) is 48.1 Å². The second kappa shape index (κ2) is 21.2. The quantitative estimate of drug-likeness (QED) is 0.128. The number of anilines is 4. The number of fused-ring (bicyclic) bond motifs is 4. The summed E-state index contributed by atoms with van der Waals surface area (Å²) in [5, 5.41) is 2.22. The topological polar surface area (TPSA) is 33.5 Å². The summed E-state index contributed by atoms with van der Waals surface area (Å²) < 4.78 is 9.10. The van der Waals surface area contributed by atoms with Gasteiger partial charge >= 0.3 is 0 Å². The van der Waals surface area contributed by atoms with Crippen LogP contribution >= 0.6 is 0 Å². The molecule has 82 heavy (non-hydrogen) atoms. The molecular formula is C76H79N4OPt-3. The van der Waals surface area contributed by atoms with Crippen molar-refractivity contribution in [1.82, 2.24) is 9.55 Å². The molecule has 0 atom stereocenters. The van der Waals surface area contributed by atoms with Gasteiger partial charge in [-0.05, 0) is 114 Å². The number of ether oxygens (including phenoxy) is 1. The van der Waals surface area contributed by atoms with Crippen LogP contribution < -0.4 is 14.5 Å². The molecule has 10 aromatic rings. The van der Waals surface area contributed by atoms with E-state index in [0.29, 0.717) is 11.5 Å². The first kappa shape index (κ1) is 58.0. The van der Waals surface area contributed by atoms with Gasteiger partial charge in [-0.15, -0.1) is 48.1 Å². The van der Waals surface area contributed by atoms with E-state index in [1.165, 1.54) is 44.6 Å². The van der Waals surface area contributed by atoms with Gasteiger partial charge in [0.2, 0.25) is 0 Å². The molecule has 0 unspecified atom stereocenters. The van der Waals surface area contributed by atoms with E-state index >= 15 is 0 Å². The van der Waals surface area contributed by atoms with Gasteiger partial charge in [0.05, 0.1) is 0 Å². The molecule has 8 aromatic carbocycles. The van der Waals surface area contributed by atoms with E-state index in [2.05, 4.69) is 319 Å². The SMILES string of the molecule is CC(C)(C)c1ccnc(-n2c3[c-]c(Oc4[c-]c(N5[CH-]N(c6c(C(c7ccccc7)(C(C)(C)C)C(C)(C)C)cc(-c7ccccc7)cc6C(c6ccccc6)(C(C)(C)C)C(C)(C)C)c6ccccc65)ccc4)ccc3c3ccccc32)c1.[Pt]. The normalized spacial score (nSPS) is 13.6. The van der Waals surface area contributed by atoms with E-state index in [1.807, 2.05) is 18.3 Å². The van der Waals surface area contributed by atoms with E-state index < -0.39 is 10.8 Å². The van der Waals surface area contributed by atoms with Gasteiger partial charge < -0.3 is 19.1 Å². The molecule has 6 heteroatoms. The van der Waals surface area contributed by atoms with Gasteiger partial charge in [0.15, 0.2) is 0 Å². The summed E-state index contributed by atoms with van der Waals surface area (Å²) in [5.41, 5.74) is 12.4. The van der Waals surface area contributed by atoms with E-state index in [1.54, 1.807) is 0 Å². The van der Waals surface area contributed by atoms with Crippen LogP contribution in [0.5, 0.6) is 11.5 Å². The average molecular weight is 1260 g/mol. The van der Waals surface area contributed by atoms with Crippen LogP contribution in [0.2, 0.25) is 0 Å². The molecule has 2 aromatic heterocycles. The predicted molar refractivity (Wildman–Crippen MR) is 341 cm³/mol. The second-order valence-corrected chi connectivity index (χ2v) is 27.5. The van der Waals surface area contributed by atoms with Gasteiger partial charge in [0.1, 0.15) is 5.82 Å². The largest absolute Gasteiger partial charge is 0.509 e. The third kappa shape index (κ3) is 9.59. The molecule has 1 aliphatic rings. The minimum Gasteiger partial charge on any atom is -0.509 e. The third-order valence-corrected chi connectivity index (χ3v) is 17.4. The van der Waals surface area contributed by atoms with Crippen LogP contribution in [0.3, 0.4) is 0 Å². The number of para-hydroxylation sites is 3. The van der Waals surface area contributed by atoms with Crippen LogP contribution in [0.15, 0.2) is 200 Å². The summed E-state index contributed by atoms with van der Waals surface area (Å²) >= 11 is 0. The van der Waals surface area contributed by atoms with Crippen LogP contribution in [-0.2, 0) is 37.3 Å². The van der Waals surface area contributed by atoms with E-state index in [0.717, 1.165) is 44.7 Å². The zero-order chi connectivity index (χ0) is 57.5. The second-order valence-electron chi connectivity index (χ2n) is 27.5. The zero-order valence-electron chi connectivity index (χ0n) is 50.6. The van der Waals surface area contributed by atoms with Crippen molar-refractivity contribution < 1.29 is 25.8 Å². The molecule has 11 rings (SSSR count). The molecular weight excluding hydrogens is 1180 g/mol. The first-order chi connectivity index (χ1) is 38.4. The summed E-state index contributed by atoms with van der Waals surface area (Å²) in [6.45, 7) is 38.4. The van der Waals surface area contributed by atoms with Crippen molar-refractivity contribution in [3.63, 3.8) is 0 Å². The summed E-state index contributed by atoms with van der Waals surface area (Å²) in [6, 6.07) is 78.4. The van der Waals surface area contributed by atoms with Crippen molar-refractivity contribution in [3.05, 3.63) is 247 Å². The Bertz CT molecular complexity index is 3790. The van der Waals surface area contributed by atoms with Crippen molar-refractivity contribution in [2.75, 3.05) is 9.80 Å². The minimum atomic E-state index is -0.570. The Morgan fingerprint density at radius 2 is 0.927 bits per heavy atom. The maximum atomic E-state index is 6.88. The van der Waals surface area contributed by atoms with Gasteiger partial charge in [-0.2, -0.15) is 12.1 Å². The number of aromatic nitrogens is 2. The Hall–Kier alpha value is -7.20. The van der Waals surface area contributed by atoms with Crippen LogP contribution in [0, 0.1) is 40.5 Å². The summed E-state index contributed by atoms with van der Waals surface area (Å²) in [6.07, 6.45) is 1.91. The first-order valence-electron chi connectivity index (χ1n) is 28.9. The molecule has 5 nitrogen and oxygen atoms in total. The Labute approximate surface area is 503 Å². The first-order valence-corrected chi connectivity index (χ1v) is 28.9. The Morgan fingerprint density at radius 3 is 1.48 bits per heavy atom. The minimum absolute atomic E-state index is 0. The molecule has 1 aliphatic heterocycles. The molecule has 3 heterocycles. The summed E-state index contributed by atoms with van der Waals surface area (Å²) in [5.74, 6) is 2.03. The molecule has 0 N–H and O–H groups in total. The fourth-order valence-electron chi connectivity index (χ4n) is 15.0. The number of benzene rings is 8. The maximum absolute atomic E-state index is 6.88. The molecule has 0 aliphatic carbocycles. The van der Waals surface area contributed by atoms with Crippen LogP contribution in [0.1, 0.15) is 132 Å². The fraction of sp³-hybridized carbons (Fsp3) is 0.289. The molecule has 422 valence electrons. The van der Waals surface area contributed by atoms with Gasteiger partial charge in [-0.1, -0.05) is 231 Å². The molecule has 0 bridgehead atoms. The van der Waals surface area contributed by atoms with Crippen LogP contribution in [-0.4, -0.2) is 9.55 Å². The van der Waals surface area contributed by atoms with Crippen molar-refractivity contribution in [2.45, 2.75) is 120 Å². The monoisotopic (exact) mass is 1260 g/mol. The number of rotatable bonds is 10. The Morgan fingerprint density at radius 1 is 0.427 bits per heavy atom. The molecule has 0 fully saturated rings. The van der Waals surface area contributed by atoms with Crippen LogP contribution in [0.4, 0.5) is 22.7 Å². The van der Waals surface area contributed by atoms with Crippen LogP contribution in [0.25, 0.3) is 38.8 Å². The molecule has 0 saturated carbocycles. The fourth-order valence-corrected chi connectivity index (χ4v) is 15.0. The number of hydrogen-bond acceptors (Lipinski definition) is 4. The van der Waals surface area contributed by atoms with Gasteiger partial charge in [-0.25, -0.2) is 4.98 Å². The van der Waals surface area contributed by atoms with Crippen molar-refractivity contribution in [3.8, 4) is 28.4 Å². The molecule has 0 radical (unpaired) electrons. The van der Waals surface area contributed by atoms with Gasteiger partial charge in [-0.3, -0.25) is 0 Å². The van der Waals surface area contributed by atoms with E-state index in [4.69, 9.17) is 9.72 Å². The van der Waals surface area contributed by atoms with Crippen molar-refractivity contribution in [1.29, 1.82) is 0 Å². The molecule has 0 amide bonds. The average Bonchev–Trinajstić information content (AvgIpc) is 0.913. The van der Waals surface area contributed by atoms with Crippen molar-refractivity contribution in [2.24, 2.45) is 21.7 Å². The van der Waals surface area contributed by atoms with Gasteiger partial charge in [0.25, 0.3) is 0 Å². The number of pyridine rings is 1. The third-order valence-electron chi connectivity index (χ3n) is 17.4. The predicted octanol–water partition coefficient (Wildman–Crippen LogP) is 20.7. The summed E-state index contributed by atoms with van der Waals surface area (Å²) in [7, 11) is 0. The number of hydrogen-bond donors (Lipinski definition) is 0. The van der Waals surface area contributed by atoms with E-state index in [9.17, 15) is 0 Å². The molecule has 0 spiro atoms. The zero-order valence-corrected chi connectivity index (χ0v) is 52.9. The smallest absolute Gasteiger partial charge is 0.135 e.